The summed E-state index contributed by atoms with van der Waals surface area (Å²) >= 11 is 0. The van der Waals surface area contributed by atoms with E-state index < -0.39 is 23.8 Å². The lowest BCUT2D eigenvalue weighted by molar-refractivity contribution is -0.149. The van der Waals surface area contributed by atoms with Crippen LogP contribution in [0, 0.1) is 5.82 Å². The molecule has 2 aromatic carbocycles. The fraction of sp³-hybridized carbons (Fsp3) is 0.296. The van der Waals surface area contributed by atoms with Gasteiger partial charge in [-0.05, 0) is 42.7 Å². The van der Waals surface area contributed by atoms with Crippen molar-refractivity contribution in [3.63, 3.8) is 0 Å². The summed E-state index contributed by atoms with van der Waals surface area (Å²) in [7, 11) is 0. The molecule has 1 aliphatic rings. The molecule has 1 aliphatic heterocycles. The molecular formula is C27H29FN6O5. The van der Waals surface area contributed by atoms with Gasteiger partial charge in [0, 0.05) is 43.6 Å². The van der Waals surface area contributed by atoms with Crippen LogP contribution in [0.5, 0.6) is 0 Å². The summed E-state index contributed by atoms with van der Waals surface area (Å²) in [5, 5.41) is 5.82. The van der Waals surface area contributed by atoms with E-state index in [2.05, 4.69) is 25.4 Å². The third-order valence-electron chi connectivity index (χ3n) is 6.02. The van der Waals surface area contributed by atoms with Crippen molar-refractivity contribution in [1.29, 1.82) is 0 Å². The first-order valence-electron chi connectivity index (χ1n) is 12.5. The third kappa shape index (κ3) is 8.38. The van der Waals surface area contributed by atoms with Gasteiger partial charge in [-0.2, -0.15) is 0 Å². The van der Waals surface area contributed by atoms with Crippen molar-refractivity contribution in [2.75, 3.05) is 29.9 Å². The van der Waals surface area contributed by atoms with Gasteiger partial charge in [-0.1, -0.05) is 30.3 Å². The monoisotopic (exact) mass is 536 g/mol. The number of hydroxylamine groups is 1. The smallest absolute Gasteiger partial charge is 0.441 e. The minimum atomic E-state index is -0.919. The summed E-state index contributed by atoms with van der Waals surface area (Å²) in [6.45, 7) is 1.24. The van der Waals surface area contributed by atoms with E-state index in [1.165, 1.54) is 6.07 Å². The molecule has 2 amide bonds. The largest absolute Gasteiger partial charge is 0.443 e. The highest BCUT2D eigenvalue weighted by molar-refractivity contribution is 5.94. The Labute approximate surface area is 224 Å². The number of halogens is 1. The maximum Gasteiger partial charge on any atom is 0.441 e. The second kappa shape index (κ2) is 13.7. The number of hydrogen-bond donors (Lipinski definition) is 3. The van der Waals surface area contributed by atoms with Gasteiger partial charge >= 0.3 is 12.1 Å². The molecule has 12 heteroatoms. The van der Waals surface area contributed by atoms with Crippen LogP contribution in [0.2, 0.25) is 0 Å². The molecule has 0 unspecified atom stereocenters. The Bertz CT molecular complexity index is 1260. The topological polar surface area (TPSA) is 135 Å². The lowest BCUT2D eigenvalue weighted by Gasteiger charge is -2.34. The minimum absolute atomic E-state index is 0.0226. The van der Waals surface area contributed by atoms with Crippen LogP contribution in [-0.4, -0.2) is 53.6 Å². The summed E-state index contributed by atoms with van der Waals surface area (Å²) in [6.07, 6.45) is 3.80. The van der Waals surface area contributed by atoms with E-state index in [1.807, 2.05) is 16.4 Å². The molecule has 11 nitrogen and oxygen atoms in total. The third-order valence-corrected chi connectivity index (χ3v) is 6.02. The number of amides is 2. The number of nitrogens with one attached hydrogen (secondary N) is 3. The van der Waals surface area contributed by atoms with Crippen LogP contribution in [-0.2, 0) is 21.0 Å². The molecular weight excluding hydrogens is 507 g/mol. The molecule has 0 radical (unpaired) electrons. The number of carbonyl (C=O) groups excluding carboxylic acids is 3. The molecule has 0 spiro atoms. The first-order chi connectivity index (χ1) is 19.0. The van der Waals surface area contributed by atoms with E-state index in [0.29, 0.717) is 24.7 Å². The summed E-state index contributed by atoms with van der Waals surface area (Å²) in [6, 6.07) is 15.3. The maximum atomic E-state index is 14.9. The molecule has 1 saturated heterocycles. The van der Waals surface area contributed by atoms with E-state index in [9.17, 15) is 18.8 Å². The van der Waals surface area contributed by atoms with Gasteiger partial charge in [-0.15, -0.1) is 5.48 Å². The highest BCUT2D eigenvalue weighted by atomic mass is 19.1. The molecule has 0 saturated carbocycles. The summed E-state index contributed by atoms with van der Waals surface area (Å²) in [5.74, 6) is -1.24. The molecule has 4 rings (SSSR count). The Morgan fingerprint density at radius 2 is 1.74 bits per heavy atom. The molecule has 204 valence electrons. The van der Waals surface area contributed by atoms with Crippen molar-refractivity contribution in [1.82, 2.24) is 20.8 Å². The van der Waals surface area contributed by atoms with Crippen molar-refractivity contribution < 1.29 is 28.3 Å². The standard InChI is InChI=1S/C27H29FN6O5/c28-22-17-20(7-8-23(22)34-15-10-21(11-16-34)32-26-30-12-4-13-31-26)25(36)29-14-9-24(35)39-33-27(37)38-18-19-5-2-1-3-6-19/h1-8,12-13,17,21H,9-11,14-16,18H2,(H,29,36)(H,33,37)(H,30,31,32). The maximum absolute atomic E-state index is 14.9. The molecule has 2 heterocycles. The highest BCUT2D eigenvalue weighted by Crippen LogP contribution is 2.25. The van der Waals surface area contributed by atoms with Crippen molar-refractivity contribution >= 4 is 29.6 Å². The van der Waals surface area contributed by atoms with Crippen LogP contribution < -0.4 is 21.0 Å². The first-order valence-corrected chi connectivity index (χ1v) is 12.5. The second-order valence-corrected chi connectivity index (χ2v) is 8.79. The van der Waals surface area contributed by atoms with Crippen LogP contribution in [0.1, 0.15) is 35.2 Å². The van der Waals surface area contributed by atoms with Crippen molar-refractivity contribution in [2.24, 2.45) is 0 Å². The van der Waals surface area contributed by atoms with Crippen LogP contribution in [0.3, 0.4) is 0 Å². The average molecular weight is 537 g/mol. The van der Waals surface area contributed by atoms with Gasteiger partial charge in [0.15, 0.2) is 0 Å². The molecule has 1 aromatic heterocycles. The summed E-state index contributed by atoms with van der Waals surface area (Å²) < 4.78 is 19.8. The predicted molar refractivity (Wildman–Crippen MR) is 140 cm³/mol. The molecule has 0 aliphatic carbocycles. The van der Waals surface area contributed by atoms with Crippen molar-refractivity contribution in [3.05, 3.63) is 83.9 Å². The van der Waals surface area contributed by atoms with Crippen LogP contribution in [0.4, 0.5) is 20.8 Å². The number of benzene rings is 2. The van der Waals surface area contributed by atoms with Crippen LogP contribution in [0.15, 0.2) is 67.0 Å². The van der Waals surface area contributed by atoms with Crippen molar-refractivity contribution in [2.45, 2.75) is 31.9 Å². The fourth-order valence-corrected chi connectivity index (χ4v) is 4.01. The lowest BCUT2D eigenvalue weighted by Crippen LogP contribution is -2.39. The molecule has 3 N–H and O–H groups in total. The van der Waals surface area contributed by atoms with E-state index >= 15 is 0 Å². The molecule has 3 aromatic rings. The zero-order valence-electron chi connectivity index (χ0n) is 21.1. The Balaban J connectivity index is 1.15. The van der Waals surface area contributed by atoms with E-state index in [0.717, 1.165) is 18.4 Å². The van der Waals surface area contributed by atoms with Crippen LogP contribution >= 0.6 is 0 Å². The van der Waals surface area contributed by atoms with E-state index in [4.69, 9.17) is 4.74 Å². The Kier molecular flexibility index (Phi) is 9.59. The number of aromatic nitrogens is 2. The lowest BCUT2D eigenvalue weighted by atomic mass is 10.0. The van der Waals surface area contributed by atoms with Gasteiger partial charge < -0.3 is 25.1 Å². The number of piperidine rings is 1. The van der Waals surface area contributed by atoms with Gasteiger partial charge in [0.2, 0.25) is 5.95 Å². The van der Waals surface area contributed by atoms with Gasteiger partial charge in [-0.3, -0.25) is 4.79 Å². The quantitative estimate of drug-likeness (QED) is 0.352. The SMILES string of the molecule is O=C(CCNC(=O)c1ccc(N2CCC(Nc3ncccn3)CC2)c(F)c1)ONC(=O)OCc1ccccc1. The first kappa shape index (κ1) is 27.3. The normalized spacial score (nSPS) is 13.3. The Morgan fingerprint density at radius 3 is 2.46 bits per heavy atom. The van der Waals surface area contributed by atoms with Crippen LogP contribution in [0.25, 0.3) is 0 Å². The Hall–Kier alpha value is -4.74. The fourth-order valence-electron chi connectivity index (χ4n) is 4.01. The molecule has 0 atom stereocenters. The molecule has 39 heavy (non-hydrogen) atoms. The number of rotatable bonds is 9. The second-order valence-electron chi connectivity index (χ2n) is 8.79. The number of hydrogen-bond acceptors (Lipinski definition) is 9. The van der Waals surface area contributed by atoms with Gasteiger partial charge in [0.05, 0.1) is 12.1 Å². The number of nitrogens with zero attached hydrogens (tertiary/aromatic N) is 3. The number of ether oxygens (including phenoxy) is 1. The Morgan fingerprint density at radius 1 is 1.00 bits per heavy atom. The zero-order chi connectivity index (χ0) is 27.5. The minimum Gasteiger partial charge on any atom is -0.443 e. The zero-order valence-corrected chi connectivity index (χ0v) is 21.1. The number of anilines is 2. The highest BCUT2D eigenvalue weighted by Gasteiger charge is 2.22. The van der Waals surface area contributed by atoms with Gasteiger partial charge in [-0.25, -0.2) is 23.9 Å². The van der Waals surface area contributed by atoms with Crippen molar-refractivity contribution in [3.8, 4) is 0 Å². The van der Waals surface area contributed by atoms with Gasteiger partial charge in [0.25, 0.3) is 5.91 Å². The van der Waals surface area contributed by atoms with E-state index in [1.54, 1.807) is 54.9 Å². The summed E-state index contributed by atoms with van der Waals surface area (Å²) in [5.41, 5.74) is 3.23. The number of carbonyl (C=O) groups is 3. The summed E-state index contributed by atoms with van der Waals surface area (Å²) in [4.78, 5) is 50.8. The molecule has 0 bridgehead atoms. The average Bonchev–Trinajstić information content (AvgIpc) is 2.96. The predicted octanol–water partition coefficient (Wildman–Crippen LogP) is 3.20. The van der Waals surface area contributed by atoms with E-state index in [-0.39, 0.29) is 31.2 Å². The molecule has 1 fully saturated rings. The van der Waals surface area contributed by atoms with Gasteiger partial charge in [0.1, 0.15) is 12.4 Å².